The van der Waals surface area contributed by atoms with Crippen LogP contribution in [0.15, 0.2) is 24.4 Å². The number of hydroxylamine groups is 1. The van der Waals surface area contributed by atoms with Crippen LogP contribution in [0.25, 0.3) is 10.9 Å². The van der Waals surface area contributed by atoms with E-state index < -0.39 is 0 Å². The van der Waals surface area contributed by atoms with Crippen molar-refractivity contribution in [3.05, 3.63) is 35.5 Å². The van der Waals surface area contributed by atoms with E-state index in [0.717, 1.165) is 43.4 Å². The van der Waals surface area contributed by atoms with Crippen LogP contribution in [0.1, 0.15) is 36.9 Å². The van der Waals surface area contributed by atoms with Gasteiger partial charge >= 0.3 is 0 Å². The number of aromatic nitrogens is 1. The molecular weight excluding hydrogens is 356 g/mol. The summed E-state index contributed by atoms with van der Waals surface area (Å²) in [5.74, 6) is 0.112. The Hall–Kier alpha value is -1.93. The Kier molecular flexibility index (Phi) is 5.96. The predicted molar refractivity (Wildman–Crippen MR) is 108 cm³/mol. The Morgan fingerprint density at radius 2 is 2.29 bits per heavy atom. The molecule has 1 aliphatic carbocycles. The summed E-state index contributed by atoms with van der Waals surface area (Å²) in [4.78, 5) is 23.5. The minimum atomic E-state index is -0.372. The van der Waals surface area contributed by atoms with Gasteiger partial charge in [0.1, 0.15) is 6.10 Å². The average Bonchev–Trinajstić information content (AvgIpc) is 3.48. The minimum absolute atomic E-state index is 0.0229. The van der Waals surface area contributed by atoms with Gasteiger partial charge in [-0.25, -0.2) is 5.48 Å². The Balaban J connectivity index is 1.56. The fourth-order valence-electron chi connectivity index (χ4n) is 4.04. The number of hydrogen-bond donors (Lipinski definition) is 3. The summed E-state index contributed by atoms with van der Waals surface area (Å²) >= 11 is 0. The summed E-state index contributed by atoms with van der Waals surface area (Å²) in [6, 6.07) is 6.82. The van der Waals surface area contributed by atoms with Gasteiger partial charge in [0.2, 0.25) is 0 Å². The van der Waals surface area contributed by atoms with Gasteiger partial charge in [-0.05, 0) is 49.4 Å². The molecule has 1 saturated carbocycles. The van der Waals surface area contributed by atoms with E-state index in [0.29, 0.717) is 19.2 Å². The van der Waals surface area contributed by atoms with Crippen molar-refractivity contribution in [2.75, 3.05) is 33.4 Å². The summed E-state index contributed by atoms with van der Waals surface area (Å²) in [5, 5.41) is 4.48. The zero-order chi connectivity index (χ0) is 19.5. The molecule has 0 unspecified atom stereocenters. The lowest BCUT2D eigenvalue weighted by atomic mass is 10.0. The third-order valence-corrected chi connectivity index (χ3v) is 5.73. The summed E-state index contributed by atoms with van der Waals surface area (Å²) in [6.45, 7) is 4.89. The molecule has 7 nitrogen and oxygen atoms in total. The number of H-pyrrole nitrogens is 1. The molecule has 4 rings (SSSR count). The van der Waals surface area contributed by atoms with Crippen LogP contribution in [-0.4, -0.2) is 61.3 Å². The van der Waals surface area contributed by atoms with E-state index in [9.17, 15) is 4.79 Å². The lowest BCUT2D eigenvalue weighted by molar-refractivity contribution is -0.148. The number of amides is 1. The molecule has 152 valence electrons. The highest BCUT2D eigenvalue weighted by molar-refractivity contribution is 5.85. The fourth-order valence-corrected chi connectivity index (χ4v) is 4.04. The molecule has 0 bridgehead atoms. The van der Waals surface area contributed by atoms with E-state index in [-0.39, 0.29) is 18.1 Å². The number of benzene rings is 1. The van der Waals surface area contributed by atoms with Gasteiger partial charge in [-0.3, -0.25) is 4.79 Å². The number of nitrogens with one attached hydrogen (secondary N) is 3. The summed E-state index contributed by atoms with van der Waals surface area (Å²) in [7, 11) is 1.63. The number of ether oxygens (including phenoxy) is 1. The van der Waals surface area contributed by atoms with Gasteiger partial charge in [0.25, 0.3) is 5.91 Å². The molecule has 3 N–H and O–H groups in total. The molecule has 1 saturated heterocycles. The number of aromatic amines is 1. The van der Waals surface area contributed by atoms with Crippen LogP contribution >= 0.6 is 0 Å². The number of carbonyl (C=O) groups excluding carboxylic acids is 1. The SMILES string of the molecule is CONCCc1c[nH]c2ccc([C@@H](C)N(C(=O)[C@H]3CNCCO3)C3CC3)cc12. The summed E-state index contributed by atoms with van der Waals surface area (Å²) in [5.41, 5.74) is 6.42. The summed E-state index contributed by atoms with van der Waals surface area (Å²) < 4.78 is 5.74. The van der Waals surface area contributed by atoms with Crippen LogP contribution in [0.2, 0.25) is 0 Å². The van der Waals surface area contributed by atoms with Gasteiger partial charge in [-0.1, -0.05) is 6.07 Å². The first-order valence-corrected chi connectivity index (χ1v) is 10.2. The van der Waals surface area contributed by atoms with Crippen molar-refractivity contribution < 1.29 is 14.4 Å². The highest BCUT2D eigenvalue weighted by Crippen LogP contribution is 2.36. The van der Waals surface area contributed by atoms with Crippen molar-refractivity contribution in [2.45, 2.75) is 44.4 Å². The normalized spacial score (nSPS) is 21.0. The van der Waals surface area contributed by atoms with E-state index in [2.05, 4.69) is 52.0 Å². The molecule has 1 aromatic heterocycles. The molecule has 1 aromatic carbocycles. The van der Waals surface area contributed by atoms with Crippen molar-refractivity contribution >= 4 is 16.8 Å². The fraction of sp³-hybridized carbons (Fsp3) is 0.571. The molecule has 7 heteroatoms. The van der Waals surface area contributed by atoms with E-state index in [4.69, 9.17) is 9.57 Å². The van der Waals surface area contributed by atoms with Crippen LogP contribution in [0.5, 0.6) is 0 Å². The van der Waals surface area contributed by atoms with Crippen molar-refractivity contribution in [3.63, 3.8) is 0 Å². The number of carbonyl (C=O) groups is 1. The maximum Gasteiger partial charge on any atom is 0.253 e. The predicted octanol–water partition coefficient (Wildman–Crippen LogP) is 1.90. The molecule has 2 atom stereocenters. The smallest absolute Gasteiger partial charge is 0.253 e. The first kappa shape index (κ1) is 19.4. The minimum Gasteiger partial charge on any atom is -0.366 e. The average molecular weight is 386 g/mol. The molecule has 0 spiro atoms. The monoisotopic (exact) mass is 386 g/mol. The topological polar surface area (TPSA) is 78.6 Å². The molecule has 1 amide bonds. The molecule has 0 radical (unpaired) electrons. The van der Waals surface area contributed by atoms with Crippen LogP contribution in [0, 0.1) is 0 Å². The van der Waals surface area contributed by atoms with E-state index >= 15 is 0 Å². The van der Waals surface area contributed by atoms with Gasteiger partial charge in [-0.15, -0.1) is 0 Å². The standard InChI is InChI=1S/C21H30N4O3/c1-14(25(17-4-5-17)21(26)20-13-22-9-10-28-20)15-3-6-19-18(11-15)16(12-23-19)7-8-24-27-2/h3,6,11-12,14,17,20,22-24H,4-5,7-10,13H2,1-2H3/t14-,20-/m1/s1. The van der Waals surface area contributed by atoms with E-state index in [1.165, 1.54) is 10.9 Å². The highest BCUT2D eigenvalue weighted by Gasteiger charge is 2.39. The molecule has 28 heavy (non-hydrogen) atoms. The number of rotatable bonds is 8. The third-order valence-electron chi connectivity index (χ3n) is 5.73. The molecule has 2 aromatic rings. The third kappa shape index (κ3) is 4.07. The van der Waals surface area contributed by atoms with Crippen molar-refractivity contribution in [2.24, 2.45) is 0 Å². The van der Waals surface area contributed by atoms with Crippen LogP contribution in [-0.2, 0) is 20.8 Å². The molecule has 2 fully saturated rings. The van der Waals surface area contributed by atoms with Crippen molar-refractivity contribution in [3.8, 4) is 0 Å². The zero-order valence-corrected chi connectivity index (χ0v) is 16.7. The Bertz CT molecular complexity index is 811. The molecule has 2 aliphatic rings. The van der Waals surface area contributed by atoms with Crippen molar-refractivity contribution in [1.82, 2.24) is 20.7 Å². The number of nitrogens with zero attached hydrogens (tertiary/aromatic N) is 1. The first-order chi connectivity index (χ1) is 13.7. The lowest BCUT2D eigenvalue weighted by Gasteiger charge is -2.34. The number of morpholine rings is 1. The maximum absolute atomic E-state index is 13.2. The number of fused-ring (bicyclic) bond motifs is 1. The van der Waals surface area contributed by atoms with E-state index in [1.54, 1.807) is 7.11 Å². The quantitative estimate of drug-likeness (QED) is 0.477. The van der Waals surface area contributed by atoms with Crippen LogP contribution in [0.3, 0.4) is 0 Å². The second-order valence-corrected chi connectivity index (χ2v) is 7.68. The number of hydrogen-bond acceptors (Lipinski definition) is 5. The zero-order valence-electron chi connectivity index (χ0n) is 16.7. The van der Waals surface area contributed by atoms with Crippen LogP contribution in [0.4, 0.5) is 0 Å². The van der Waals surface area contributed by atoms with Gasteiger partial charge in [0.05, 0.1) is 19.8 Å². The lowest BCUT2D eigenvalue weighted by Crippen LogP contribution is -2.50. The Labute approximate surface area is 165 Å². The van der Waals surface area contributed by atoms with Gasteiger partial charge < -0.3 is 24.8 Å². The Morgan fingerprint density at radius 3 is 3.00 bits per heavy atom. The second kappa shape index (κ2) is 8.61. The second-order valence-electron chi connectivity index (χ2n) is 7.68. The van der Waals surface area contributed by atoms with Crippen molar-refractivity contribution in [1.29, 1.82) is 0 Å². The van der Waals surface area contributed by atoms with Gasteiger partial charge in [-0.2, -0.15) is 0 Å². The molecule has 1 aliphatic heterocycles. The first-order valence-electron chi connectivity index (χ1n) is 10.2. The molecule has 2 heterocycles. The van der Waals surface area contributed by atoms with E-state index in [1.807, 2.05) is 0 Å². The summed E-state index contributed by atoms with van der Waals surface area (Å²) in [6.07, 6.45) is 4.72. The van der Waals surface area contributed by atoms with Crippen LogP contribution < -0.4 is 10.8 Å². The largest absolute Gasteiger partial charge is 0.366 e. The van der Waals surface area contributed by atoms with Gasteiger partial charge in [0.15, 0.2) is 0 Å². The maximum atomic E-state index is 13.2. The highest BCUT2D eigenvalue weighted by atomic mass is 16.6. The Morgan fingerprint density at radius 1 is 1.43 bits per heavy atom. The van der Waals surface area contributed by atoms with Gasteiger partial charge in [0, 0.05) is 42.8 Å². The molecular formula is C21H30N4O3.